The second kappa shape index (κ2) is 5.08. The molecular formula is C14H14N2O5. The average Bonchev–Trinajstić information content (AvgIpc) is 2.81. The van der Waals surface area contributed by atoms with Crippen LogP contribution in [0.1, 0.15) is 24.5 Å². The molecule has 110 valence electrons. The summed E-state index contributed by atoms with van der Waals surface area (Å²) in [5.74, 6) is -0.712. The summed E-state index contributed by atoms with van der Waals surface area (Å²) in [5.41, 5.74) is 0.665. The Bertz CT molecular complexity index is 615. The van der Waals surface area contributed by atoms with Crippen LogP contribution in [-0.4, -0.2) is 40.5 Å². The van der Waals surface area contributed by atoms with Gasteiger partial charge in [-0.05, 0) is 24.1 Å². The lowest BCUT2D eigenvalue weighted by atomic mass is 10.0. The molecule has 3 rings (SSSR count). The molecular weight excluding hydrogens is 276 g/mol. The van der Waals surface area contributed by atoms with Crippen molar-refractivity contribution in [3.63, 3.8) is 0 Å². The van der Waals surface area contributed by atoms with Gasteiger partial charge in [0.1, 0.15) is 17.9 Å². The number of cyclic esters (lactones) is 1. The van der Waals surface area contributed by atoms with Crippen LogP contribution in [0.25, 0.3) is 0 Å². The molecule has 7 nitrogen and oxygen atoms in total. The quantitative estimate of drug-likeness (QED) is 0.781. The third kappa shape index (κ3) is 2.54. The molecule has 0 spiro atoms. The number of phenols is 1. The van der Waals surface area contributed by atoms with Crippen molar-refractivity contribution in [3.8, 4) is 5.75 Å². The molecule has 21 heavy (non-hydrogen) atoms. The summed E-state index contributed by atoms with van der Waals surface area (Å²) in [5, 5.41) is 11.7. The van der Waals surface area contributed by atoms with Gasteiger partial charge >= 0.3 is 6.09 Å². The van der Waals surface area contributed by atoms with Crippen LogP contribution < -0.4 is 5.32 Å². The Kier molecular flexibility index (Phi) is 3.25. The third-order valence-corrected chi connectivity index (χ3v) is 3.67. The molecule has 0 aromatic heterocycles. The zero-order chi connectivity index (χ0) is 15.0. The van der Waals surface area contributed by atoms with Gasteiger partial charge in [0.25, 0.3) is 0 Å². The molecule has 1 aromatic rings. The molecule has 2 saturated heterocycles. The van der Waals surface area contributed by atoms with Crippen LogP contribution in [0.3, 0.4) is 0 Å². The fourth-order valence-electron chi connectivity index (χ4n) is 2.61. The molecule has 0 radical (unpaired) electrons. The lowest BCUT2D eigenvalue weighted by Gasteiger charge is -2.27. The number of hydrogen-bond donors (Lipinski definition) is 2. The number of benzene rings is 1. The molecule has 0 saturated carbocycles. The van der Waals surface area contributed by atoms with Crippen molar-refractivity contribution in [1.82, 2.24) is 10.2 Å². The van der Waals surface area contributed by atoms with Gasteiger partial charge in [0.2, 0.25) is 11.8 Å². The van der Waals surface area contributed by atoms with E-state index in [2.05, 4.69) is 5.32 Å². The van der Waals surface area contributed by atoms with Crippen molar-refractivity contribution in [2.24, 2.45) is 0 Å². The standard InChI is InChI=1S/C14H14N2O5/c17-9-3-1-2-8(6-9)11-7-16(14(20)21-11)10-4-5-12(18)15-13(10)19/h1-3,6,10-11,17H,4-5,7H2,(H,15,18,19). The van der Waals surface area contributed by atoms with Gasteiger partial charge < -0.3 is 9.84 Å². The van der Waals surface area contributed by atoms with Gasteiger partial charge in [-0.1, -0.05) is 12.1 Å². The summed E-state index contributed by atoms with van der Waals surface area (Å²) in [7, 11) is 0. The number of carbonyl (C=O) groups is 3. The Hall–Kier alpha value is -2.57. The minimum Gasteiger partial charge on any atom is -0.508 e. The maximum absolute atomic E-state index is 11.9. The maximum atomic E-state index is 11.9. The van der Waals surface area contributed by atoms with Crippen molar-refractivity contribution < 1.29 is 24.2 Å². The summed E-state index contributed by atoms with van der Waals surface area (Å²) in [6.07, 6.45) is -0.614. The van der Waals surface area contributed by atoms with Gasteiger partial charge in [0.05, 0.1) is 6.54 Å². The largest absolute Gasteiger partial charge is 0.508 e. The number of piperidine rings is 1. The molecule has 2 atom stereocenters. The number of imide groups is 1. The number of phenolic OH excluding ortho intramolecular Hbond substituents is 1. The number of carbonyl (C=O) groups excluding carboxylic acids is 3. The van der Waals surface area contributed by atoms with E-state index in [1.807, 2.05) is 0 Å². The van der Waals surface area contributed by atoms with Crippen LogP contribution in [0, 0.1) is 0 Å². The highest BCUT2D eigenvalue weighted by Crippen LogP contribution is 2.30. The van der Waals surface area contributed by atoms with Crippen molar-refractivity contribution in [3.05, 3.63) is 29.8 Å². The van der Waals surface area contributed by atoms with Crippen LogP contribution in [0.4, 0.5) is 4.79 Å². The fraction of sp³-hybridized carbons (Fsp3) is 0.357. The summed E-state index contributed by atoms with van der Waals surface area (Å²) in [6, 6.07) is 5.76. The van der Waals surface area contributed by atoms with Crippen molar-refractivity contribution in [1.29, 1.82) is 0 Å². The highest BCUT2D eigenvalue weighted by molar-refractivity contribution is 6.01. The predicted molar refractivity (Wildman–Crippen MR) is 70.2 cm³/mol. The number of nitrogens with zero attached hydrogens (tertiary/aromatic N) is 1. The molecule has 2 heterocycles. The van der Waals surface area contributed by atoms with Gasteiger partial charge in [0, 0.05) is 6.42 Å². The molecule has 3 amide bonds. The van der Waals surface area contributed by atoms with Crippen LogP contribution in [-0.2, 0) is 14.3 Å². The van der Waals surface area contributed by atoms with E-state index in [0.717, 1.165) is 0 Å². The second-order valence-electron chi connectivity index (χ2n) is 5.09. The topological polar surface area (TPSA) is 95.9 Å². The van der Waals surface area contributed by atoms with Crippen LogP contribution in [0.2, 0.25) is 0 Å². The summed E-state index contributed by atoms with van der Waals surface area (Å²) in [6.45, 7) is 0.217. The minimum atomic E-state index is -0.683. The molecule has 1 aromatic carbocycles. The Balaban J connectivity index is 1.76. The van der Waals surface area contributed by atoms with Crippen LogP contribution in [0.5, 0.6) is 5.75 Å². The van der Waals surface area contributed by atoms with E-state index in [1.165, 1.54) is 17.0 Å². The molecule has 7 heteroatoms. The molecule has 0 aliphatic carbocycles. The molecule has 2 aliphatic heterocycles. The zero-order valence-corrected chi connectivity index (χ0v) is 11.1. The number of rotatable bonds is 2. The van der Waals surface area contributed by atoms with Crippen molar-refractivity contribution in [2.45, 2.75) is 25.0 Å². The number of amides is 3. The van der Waals surface area contributed by atoms with E-state index in [0.29, 0.717) is 12.0 Å². The molecule has 2 N–H and O–H groups in total. The van der Waals surface area contributed by atoms with Gasteiger partial charge in [0.15, 0.2) is 0 Å². The maximum Gasteiger partial charge on any atom is 0.411 e. The second-order valence-corrected chi connectivity index (χ2v) is 5.09. The number of ether oxygens (including phenoxy) is 1. The van der Waals surface area contributed by atoms with Gasteiger partial charge in [-0.15, -0.1) is 0 Å². The van der Waals surface area contributed by atoms with Crippen molar-refractivity contribution >= 4 is 17.9 Å². The molecule has 2 unspecified atom stereocenters. The highest BCUT2D eigenvalue weighted by Gasteiger charge is 2.41. The first kappa shape index (κ1) is 13.4. The van der Waals surface area contributed by atoms with E-state index in [9.17, 15) is 19.5 Å². The Morgan fingerprint density at radius 2 is 2.10 bits per heavy atom. The highest BCUT2D eigenvalue weighted by atomic mass is 16.6. The number of aromatic hydroxyl groups is 1. The molecule has 2 fully saturated rings. The Morgan fingerprint density at radius 1 is 1.29 bits per heavy atom. The first-order valence-corrected chi connectivity index (χ1v) is 6.64. The smallest absolute Gasteiger partial charge is 0.411 e. The van der Waals surface area contributed by atoms with Crippen LogP contribution in [0.15, 0.2) is 24.3 Å². The average molecular weight is 290 g/mol. The predicted octanol–water partition coefficient (Wildman–Crippen LogP) is 0.691. The van der Waals surface area contributed by atoms with Gasteiger partial charge in [-0.2, -0.15) is 0 Å². The minimum absolute atomic E-state index is 0.0861. The fourth-order valence-corrected chi connectivity index (χ4v) is 2.61. The number of hydrogen-bond acceptors (Lipinski definition) is 5. The van der Waals surface area contributed by atoms with Crippen LogP contribution >= 0.6 is 0 Å². The summed E-state index contributed by atoms with van der Waals surface area (Å²) in [4.78, 5) is 36.2. The first-order valence-electron chi connectivity index (χ1n) is 6.64. The monoisotopic (exact) mass is 290 g/mol. The molecule has 2 aliphatic rings. The Morgan fingerprint density at radius 3 is 2.81 bits per heavy atom. The SMILES string of the molecule is O=C1CCC(N2CC(c3cccc(O)c3)OC2=O)C(=O)N1. The summed E-state index contributed by atoms with van der Waals surface area (Å²) >= 11 is 0. The van der Waals surface area contributed by atoms with Gasteiger partial charge in [-0.3, -0.25) is 19.8 Å². The third-order valence-electron chi connectivity index (χ3n) is 3.67. The number of nitrogens with one attached hydrogen (secondary N) is 1. The molecule has 0 bridgehead atoms. The van der Waals surface area contributed by atoms with E-state index in [-0.39, 0.29) is 24.6 Å². The summed E-state index contributed by atoms with van der Waals surface area (Å²) < 4.78 is 5.25. The van der Waals surface area contributed by atoms with E-state index >= 15 is 0 Å². The Labute approximate surface area is 120 Å². The first-order chi connectivity index (χ1) is 10.0. The van der Waals surface area contributed by atoms with E-state index in [1.54, 1.807) is 12.1 Å². The lowest BCUT2D eigenvalue weighted by molar-refractivity contribution is -0.136. The van der Waals surface area contributed by atoms with Gasteiger partial charge in [-0.25, -0.2) is 4.79 Å². The normalized spacial score (nSPS) is 25.7. The zero-order valence-electron chi connectivity index (χ0n) is 11.1. The van der Waals surface area contributed by atoms with E-state index < -0.39 is 24.1 Å². The van der Waals surface area contributed by atoms with Crippen molar-refractivity contribution in [2.75, 3.05) is 6.54 Å². The lowest BCUT2D eigenvalue weighted by Crippen LogP contribution is -2.52. The van der Waals surface area contributed by atoms with E-state index in [4.69, 9.17) is 4.74 Å².